The SMILES string of the molecule is Cc1ccc(OCc2nc(CC(=O)NCc3cccnc3N3CCCCC3)cs2)cc1. The van der Waals surface area contributed by atoms with Crippen molar-refractivity contribution in [2.24, 2.45) is 0 Å². The standard InChI is InChI=1S/C24H28N4O2S/c1-18-7-9-21(10-8-18)30-16-23-27-20(17-31-23)14-22(29)26-15-19-6-5-11-25-24(19)28-12-3-2-4-13-28/h5-11,17H,2-4,12-16H2,1H3,(H,26,29). The van der Waals surface area contributed by atoms with Gasteiger partial charge in [0.15, 0.2) is 0 Å². The van der Waals surface area contributed by atoms with Crippen LogP contribution in [0.5, 0.6) is 5.75 Å². The second kappa shape index (κ2) is 10.4. The summed E-state index contributed by atoms with van der Waals surface area (Å²) in [6.45, 7) is 5.00. The summed E-state index contributed by atoms with van der Waals surface area (Å²) in [5, 5.41) is 5.82. The number of piperidine rings is 1. The van der Waals surface area contributed by atoms with Gasteiger partial charge in [0, 0.05) is 36.8 Å². The van der Waals surface area contributed by atoms with Gasteiger partial charge in [-0.3, -0.25) is 4.79 Å². The molecular weight excluding hydrogens is 408 g/mol. The lowest BCUT2D eigenvalue weighted by Crippen LogP contribution is -2.32. The number of hydrogen-bond acceptors (Lipinski definition) is 6. The molecule has 162 valence electrons. The van der Waals surface area contributed by atoms with Crippen LogP contribution in [0.3, 0.4) is 0 Å². The van der Waals surface area contributed by atoms with E-state index in [1.54, 1.807) is 0 Å². The van der Waals surface area contributed by atoms with Crippen LogP contribution in [-0.2, 0) is 24.4 Å². The molecule has 1 N–H and O–H groups in total. The lowest BCUT2D eigenvalue weighted by molar-refractivity contribution is -0.120. The number of nitrogens with one attached hydrogen (secondary N) is 1. The average molecular weight is 437 g/mol. The van der Waals surface area contributed by atoms with E-state index < -0.39 is 0 Å². The highest BCUT2D eigenvalue weighted by Crippen LogP contribution is 2.21. The fourth-order valence-electron chi connectivity index (χ4n) is 3.66. The zero-order chi connectivity index (χ0) is 21.5. The van der Waals surface area contributed by atoms with E-state index in [1.165, 1.54) is 36.2 Å². The largest absolute Gasteiger partial charge is 0.486 e. The number of benzene rings is 1. The molecule has 7 heteroatoms. The van der Waals surface area contributed by atoms with Crippen molar-refractivity contribution in [2.75, 3.05) is 18.0 Å². The molecule has 1 aliphatic heterocycles. The van der Waals surface area contributed by atoms with Gasteiger partial charge >= 0.3 is 0 Å². The van der Waals surface area contributed by atoms with Gasteiger partial charge in [0.05, 0.1) is 12.1 Å². The number of aromatic nitrogens is 2. The van der Waals surface area contributed by atoms with Crippen molar-refractivity contribution >= 4 is 23.1 Å². The van der Waals surface area contributed by atoms with E-state index in [9.17, 15) is 4.79 Å². The second-order valence-corrected chi connectivity index (χ2v) is 8.76. The van der Waals surface area contributed by atoms with Crippen LogP contribution in [0.1, 0.15) is 41.1 Å². The summed E-state index contributed by atoms with van der Waals surface area (Å²) < 4.78 is 5.78. The van der Waals surface area contributed by atoms with Crippen LogP contribution < -0.4 is 15.0 Å². The van der Waals surface area contributed by atoms with Gasteiger partial charge in [-0.1, -0.05) is 23.8 Å². The van der Waals surface area contributed by atoms with Gasteiger partial charge in [-0.15, -0.1) is 11.3 Å². The Bertz CT molecular complexity index is 997. The minimum atomic E-state index is -0.0373. The third-order valence-electron chi connectivity index (χ3n) is 5.32. The van der Waals surface area contributed by atoms with Crippen molar-refractivity contribution in [1.29, 1.82) is 0 Å². The first-order chi connectivity index (χ1) is 15.2. The van der Waals surface area contributed by atoms with Crippen LogP contribution >= 0.6 is 11.3 Å². The van der Waals surface area contributed by atoms with Crippen LogP contribution in [0, 0.1) is 6.92 Å². The summed E-state index contributed by atoms with van der Waals surface area (Å²) in [6.07, 6.45) is 5.76. The van der Waals surface area contributed by atoms with Crippen LogP contribution in [0.25, 0.3) is 0 Å². The molecule has 3 heterocycles. The third kappa shape index (κ3) is 6.04. The normalized spacial score (nSPS) is 13.8. The number of thiazole rings is 1. The predicted molar refractivity (Wildman–Crippen MR) is 123 cm³/mol. The molecule has 1 aliphatic rings. The molecule has 0 saturated carbocycles. The van der Waals surface area contributed by atoms with Gasteiger partial charge in [-0.05, 0) is 44.4 Å². The molecule has 1 saturated heterocycles. The van der Waals surface area contributed by atoms with Gasteiger partial charge < -0.3 is 15.0 Å². The molecule has 0 radical (unpaired) electrons. The Morgan fingerprint density at radius 1 is 1.16 bits per heavy atom. The summed E-state index contributed by atoms with van der Waals surface area (Å²) in [4.78, 5) is 23.9. The smallest absolute Gasteiger partial charge is 0.226 e. The van der Waals surface area contributed by atoms with Gasteiger partial charge in [-0.2, -0.15) is 0 Å². The maximum Gasteiger partial charge on any atom is 0.226 e. The average Bonchev–Trinajstić information content (AvgIpc) is 3.25. The van der Waals surface area contributed by atoms with E-state index in [4.69, 9.17) is 4.74 Å². The molecule has 0 atom stereocenters. The van der Waals surface area contributed by atoms with E-state index >= 15 is 0 Å². The first-order valence-electron chi connectivity index (χ1n) is 10.8. The quantitative estimate of drug-likeness (QED) is 0.571. The van der Waals surface area contributed by atoms with E-state index in [-0.39, 0.29) is 12.3 Å². The number of nitrogens with zero attached hydrogens (tertiary/aromatic N) is 3. The number of amides is 1. The fourth-order valence-corrected chi connectivity index (χ4v) is 4.36. The maximum absolute atomic E-state index is 12.5. The third-order valence-corrected chi connectivity index (χ3v) is 6.19. The molecule has 4 rings (SSSR count). The number of rotatable bonds is 8. The Hall–Kier alpha value is -2.93. The molecule has 1 amide bonds. The number of anilines is 1. The topological polar surface area (TPSA) is 67.3 Å². The summed E-state index contributed by atoms with van der Waals surface area (Å²) in [6, 6.07) is 11.9. The van der Waals surface area contributed by atoms with Crippen LogP contribution in [0.15, 0.2) is 48.0 Å². The lowest BCUT2D eigenvalue weighted by atomic mass is 10.1. The monoisotopic (exact) mass is 436 g/mol. The summed E-state index contributed by atoms with van der Waals surface area (Å²) in [7, 11) is 0. The van der Waals surface area contributed by atoms with Gasteiger partial charge in [0.1, 0.15) is 23.2 Å². The number of carbonyl (C=O) groups is 1. The second-order valence-electron chi connectivity index (χ2n) is 7.82. The van der Waals surface area contributed by atoms with Crippen molar-refractivity contribution in [2.45, 2.75) is 45.8 Å². The maximum atomic E-state index is 12.5. The lowest BCUT2D eigenvalue weighted by Gasteiger charge is -2.29. The van der Waals surface area contributed by atoms with E-state index in [1.807, 2.05) is 54.9 Å². The number of hydrogen-bond donors (Lipinski definition) is 1. The molecule has 31 heavy (non-hydrogen) atoms. The van der Waals surface area contributed by atoms with Crippen LogP contribution in [0.4, 0.5) is 5.82 Å². The van der Waals surface area contributed by atoms with Crippen LogP contribution in [0.2, 0.25) is 0 Å². The number of ether oxygens (including phenoxy) is 1. The molecule has 0 unspecified atom stereocenters. The minimum Gasteiger partial charge on any atom is -0.486 e. The van der Waals surface area contributed by atoms with Crippen molar-refractivity contribution in [3.05, 3.63) is 69.8 Å². The fraction of sp³-hybridized carbons (Fsp3) is 0.375. The molecule has 0 bridgehead atoms. The summed E-state index contributed by atoms with van der Waals surface area (Å²) in [5.74, 6) is 1.78. The Balaban J connectivity index is 1.27. The molecule has 1 fully saturated rings. The zero-order valence-corrected chi connectivity index (χ0v) is 18.7. The highest BCUT2D eigenvalue weighted by atomic mass is 32.1. The Labute approximate surface area is 187 Å². The van der Waals surface area contributed by atoms with E-state index in [2.05, 4.69) is 20.2 Å². The predicted octanol–water partition coefficient (Wildman–Crippen LogP) is 4.27. The van der Waals surface area contributed by atoms with Crippen molar-refractivity contribution in [3.63, 3.8) is 0 Å². The summed E-state index contributed by atoms with van der Waals surface area (Å²) >= 11 is 1.52. The first-order valence-corrected chi connectivity index (χ1v) is 11.6. The molecule has 0 spiro atoms. The highest BCUT2D eigenvalue weighted by Gasteiger charge is 2.16. The van der Waals surface area contributed by atoms with Gasteiger partial charge in [-0.25, -0.2) is 9.97 Å². The first kappa shape index (κ1) is 21.3. The van der Waals surface area contributed by atoms with E-state index in [0.29, 0.717) is 13.2 Å². The van der Waals surface area contributed by atoms with Crippen molar-refractivity contribution < 1.29 is 9.53 Å². The Morgan fingerprint density at radius 3 is 2.77 bits per heavy atom. The minimum absolute atomic E-state index is 0.0373. The Morgan fingerprint density at radius 2 is 1.97 bits per heavy atom. The number of pyridine rings is 1. The molecule has 0 aliphatic carbocycles. The van der Waals surface area contributed by atoms with E-state index in [0.717, 1.165) is 40.9 Å². The number of carbonyl (C=O) groups excluding carboxylic acids is 1. The molecule has 3 aromatic rings. The zero-order valence-electron chi connectivity index (χ0n) is 17.8. The van der Waals surface area contributed by atoms with Gasteiger partial charge in [0.2, 0.25) is 5.91 Å². The Kier molecular flexibility index (Phi) is 7.14. The van der Waals surface area contributed by atoms with Gasteiger partial charge in [0.25, 0.3) is 0 Å². The number of aryl methyl sites for hydroxylation is 1. The molecule has 1 aromatic carbocycles. The molecule has 2 aromatic heterocycles. The van der Waals surface area contributed by atoms with Crippen molar-refractivity contribution in [1.82, 2.24) is 15.3 Å². The highest BCUT2D eigenvalue weighted by molar-refractivity contribution is 7.09. The van der Waals surface area contributed by atoms with Crippen LogP contribution in [-0.4, -0.2) is 29.0 Å². The molecular formula is C24H28N4O2S. The summed E-state index contributed by atoms with van der Waals surface area (Å²) in [5.41, 5.74) is 3.03. The van der Waals surface area contributed by atoms with Crippen molar-refractivity contribution in [3.8, 4) is 5.75 Å². The molecule has 6 nitrogen and oxygen atoms in total.